The van der Waals surface area contributed by atoms with Crippen LogP contribution in [0.5, 0.6) is 0 Å². The van der Waals surface area contributed by atoms with Crippen LogP contribution in [0.1, 0.15) is 63.5 Å². The van der Waals surface area contributed by atoms with Crippen molar-refractivity contribution in [2.75, 3.05) is 13.1 Å². The van der Waals surface area contributed by atoms with E-state index in [1.165, 1.54) is 36.8 Å². The van der Waals surface area contributed by atoms with Gasteiger partial charge in [0.15, 0.2) is 0 Å². The number of aryl methyl sites for hydroxylation is 1. The normalized spacial score (nSPS) is 12.9. The summed E-state index contributed by atoms with van der Waals surface area (Å²) in [6.45, 7) is 11.4. The lowest BCUT2D eigenvalue weighted by molar-refractivity contribution is 0.397. The molecule has 0 aromatic heterocycles. The second-order valence-electron chi connectivity index (χ2n) is 5.68. The maximum absolute atomic E-state index is 3.61. The van der Waals surface area contributed by atoms with E-state index in [2.05, 4.69) is 57.3 Å². The van der Waals surface area contributed by atoms with Crippen molar-refractivity contribution >= 4 is 0 Å². The van der Waals surface area contributed by atoms with Crippen LogP contribution in [0.2, 0.25) is 0 Å². The zero-order valence-electron chi connectivity index (χ0n) is 13.2. The average molecular weight is 261 g/mol. The second kappa shape index (κ2) is 9.14. The van der Waals surface area contributed by atoms with Gasteiger partial charge in [0.05, 0.1) is 0 Å². The fraction of sp³-hybridized carbons (Fsp3) is 0.667. The molecule has 0 aliphatic heterocycles. The summed E-state index contributed by atoms with van der Waals surface area (Å²) < 4.78 is 0. The molecule has 1 aromatic carbocycles. The minimum atomic E-state index is 0.664. The third-order valence-corrected chi connectivity index (χ3v) is 4.22. The molecular weight excluding hydrogens is 230 g/mol. The monoisotopic (exact) mass is 261 g/mol. The summed E-state index contributed by atoms with van der Waals surface area (Å²) in [6, 6.07) is 8.89. The van der Waals surface area contributed by atoms with E-state index < -0.39 is 0 Å². The van der Waals surface area contributed by atoms with Crippen molar-refractivity contribution in [1.29, 1.82) is 0 Å². The Morgan fingerprint density at radius 3 is 2.32 bits per heavy atom. The molecule has 1 rings (SSSR count). The highest BCUT2D eigenvalue weighted by Crippen LogP contribution is 2.28. The van der Waals surface area contributed by atoms with Crippen LogP contribution in [0.4, 0.5) is 0 Å². The molecule has 0 spiro atoms. The zero-order valence-corrected chi connectivity index (χ0v) is 13.2. The molecule has 0 fully saturated rings. The highest BCUT2D eigenvalue weighted by molar-refractivity contribution is 5.29. The van der Waals surface area contributed by atoms with Gasteiger partial charge in [0.25, 0.3) is 0 Å². The van der Waals surface area contributed by atoms with Gasteiger partial charge in [0.1, 0.15) is 0 Å². The van der Waals surface area contributed by atoms with Crippen molar-refractivity contribution in [2.24, 2.45) is 5.92 Å². The van der Waals surface area contributed by atoms with Crippen LogP contribution >= 0.6 is 0 Å². The second-order valence-corrected chi connectivity index (χ2v) is 5.68. The van der Waals surface area contributed by atoms with Gasteiger partial charge in [-0.1, -0.05) is 57.9 Å². The van der Waals surface area contributed by atoms with Crippen molar-refractivity contribution in [2.45, 2.75) is 59.3 Å². The van der Waals surface area contributed by atoms with Crippen LogP contribution in [0.3, 0.4) is 0 Å². The van der Waals surface area contributed by atoms with Crippen LogP contribution in [0.25, 0.3) is 0 Å². The highest BCUT2D eigenvalue weighted by Gasteiger charge is 2.17. The highest BCUT2D eigenvalue weighted by atomic mass is 14.8. The van der Waals surface area contributed by atoms with Gasteiger partial charge in [-0.25, -0.2) is 0 Å². The Kier molecular flexibility index (Phi) is 7.81. The Hall–Kier alpha value is -0.820. The van der Waals surface area contributed by atoms with Gasteiger partial charge in [-0.05, 0) is 49.3 Å². The first-order chi connectivity index (χ1) is 9.22. The quantitative estimate of drug-likeness (QED) is 0.623. The summed E-state index contributed by atoms with van der Waals surface area (Å²) in [5.41, 5.74) is 2.98. The van der Waals surface area contributed by atoms with Crippen molar-refractivity contribution in [3.8, 4) is 0 Å². The molecule has 1 aromatic rings. The molecular formula is C18H31N. The fourth-order valence-electron chi connectivity index (χ4n) is 2.84. The summed E-state index contributed by atoms with van der Waals surface area (Å²) >= 11 is 0. The lowest BCUT2D eigenvalue weighted by Crippen LogP contribution is -2.24. The molecule has 0 saturated heterocycles. The maximum atomic E-state index is 3.61. The summed E-state index contributed by atoms with van der Waals surface area (Å²) in [5.74, 6) is 1.52. The first-order valence-corrected chi connectivity index (χ1v) is 7.99. The smallest absolute Gasteiger partial charge is 0.00203 e. The molecule has 108 valence electrons. The number of nitrogens with one attached hydrogen (secondary N) is 1. The summed E-state index contributed by atoms with van der Waals surface area (Å²) in [4.78, 5) is 0. The third-order valence-electron chi connectivity index (χ3n) is 4.22. The van der Waals surface area contributed by atoms with E-state index in [4.69, 9.17) is 0 Å². The topological polar surface area (TPSA) is 12.0 Å². The SMILES string of the molecule is CCCNCC(CC(CC)CC)c1ccccc1C. The van der Waals surface area contributed by atoms with Gasteiger partial charge in [0, 0.05) is 6.54 Å². The third kappa shape index (κ3) is 5.36. The molecule has 0 amide bonds. The summed E-state index contributed by atoms with van der Waals surface area (Å²) in [5, 5.41) is 3.61. The number of benzene rings is 1. The van der Waals surface area contributed by atoms with Gasteiger partial charge in [0.2, 0.25) is 0 Å². The van der Waals surface area contributed by atoms with Gasteiger partial charge in [-0.15, -0.1) is 0 Å². The summed E-state index contributed by atoms with van der Waals surface area (Å²) in [7, 11) is 0. The van der Waals surface area contributed by atoms with Gasteiger partial charge < -0.3 is 5.32 Å². The Morgan fingerprint density at radius 1 is 1.05 bits per heavy atom. The molecule has 0 radical (unpaired) electrons. The lowest BCUT2D eigenvalue weighted by atomic mass is 9.84. The van der Waals surface area contributed by atoms with Crippen LogP contribution < -0.4 is 5.32 Å². The minimum Gasteiger partial charge on any atom is -0.316 e. The maximum Gasteiger partial charge on any atom is 0.00203 e. The number of hydrogen-bond donors (Lipinski definition) is 1. The van der Waals surface area contributed by atoms with Crippen LogP contribution in [0, 0.1) is 12.8 Å². The van der Waals surface area contributed by atoms with E-state index in [0.717, 1.165) is 19.0 Å². The Bertz CT molecular complexity index is 341. The Morgan fingerprint density at radius 2 is 1.74 bits per heavy atom. The van der Waals surface area contributed by atoms with E-state index >= 15 is 0 Å². The fourth-order valence-corrected chi connectivity index (χ4v) is 2.84. The van der Waals surface area contributed by atoms with Crippen LogP contribution in [-0.4, -0.2) is 13.1 Å². The number of hydrogen-bond acceptors (Lipinski definition) is 1. The molecule has 1 N–H and O–H groups in total. The number of rotatable bonds is 9. The molecule has 19 heavy (non-hydrogen) atoms. The predicted molar refractivity (Wildman–Crippen MR) is 85.8 cm³/mol. The first-order valence-electron chi connectivity index (χ1n) is 7.99. The van der Waals surface area contributed by atoms with E-state index in [9.17, 15) is 0 Å². The van der Waals surface area contributed by atoms with Crippen molar-refractivity contribution in [3.05, 3.63) is 35.4 Å². The predicted octanol–water partition coefficient (Wildman–Crippen LogP) is 4.90. The van der Waals surface area contributed by atoms with Gasteiger partial charge in [-0.2, -0.15) is 0 Å². The van der Waals surface area contributed by atoms with E-state index in [0.29, 0.717) is 5.92 Å². The summed E-state index contributed by atoms with van der Waals surface area (Å²) in [6.07, 6.45) is 5.12. The van der Waals surface area contributed by atoms with Gasteiger partial charge in [-0.3, -0.25) is 0 Å². The largest absolute Gasteiger partial charge is 0.316 e. The van der Waals surface area contributed by atoms with Crippen molar-refractivity contribution in [3.63, 3.8) is 0 Å². The Balaban J connectivity index is 2.76. The molecule has 0 aliphatic carbocycles. The first kappa shape index (κ1) is 16.2. The lowest BCUT2D eigenvalue weighted by Gasteiger charge is -2.24. The van der Waals surface area contributed by atoms with E-state index in [-0.39, 0.29) is 0 Å². The molecule has 1 heteroatoms. The molecule has 0 aliphatic rings. The zero-order chi connectivity index (χ0) is 14.1. The minimum absolute atomic E-state index is 0.664. The van der Waals surface area contributed by atoms with E-state index in [1.54, 1.807) is 0 Å². The molecule has 1 nitrogen and oxygen atoms in total. The molecule has 1 atom stereocenters. The molecule has 1 unspecified atom stereocenters. The standard InChI is InChI=1S/C18H31N/c1-5-12-19-14-17(13-16(6-2)7-3)18-11-9-8-10-15(18)4/h8-11,16-17,19H,5-7,12-14H2,1-4H3. The van der Waals surface area contributed by atoms with E-state index in [1.807, 2.05) is 0 Å². The van der Waals surface area contributed by atoms with Crippen molar-refractivity contribution < 1.29 is 0 Å². The molecule has 0 bridgehead atoms. The Labute approximate surface area is 119 Å². The molecule has 0 saturated carbocycles. The van der Waals surface area contributed by atoms with Crippen LogP contribution in [-0.2, 0) is 0 Å². The van der Waals surface area contributed by atoms with Gasteiger partial charge >= 0.3 is 0 Å². The van der Waals surface area contributed by atoms with Crippen LogP contribution in [0.15, 0.2) is 24.3 Å². The molecule has 0 heterocycles. The average Bonchev–Trinajstić information content (AvgIpc) is 2.44. The van der Waals surface area contributed by atoms with Crippen molar-refractivity contribution in [1.82, 2.24) is 5.32 Å².